The lowest BCUT2D eigenvalue weighted by Crippen LogP contribution is -2.19. The number of hydrogen-bond acceptors (Lipinski definition) is 5. The Bertz CT molecular complexity index is 525. The van der Waals surface area contributed by atoms with E-state index in [1.54, 1.807) is 0 Å². The summed E-state index contributed by atoms with van der Waals surface area (Å²) in [6, 6.07) is 6.59. The number of aromatic amines is 1. The van der Waals surface area contributed by atoms with Gasteiger partial charge >= 0.3 is 0 Å². The van der Waals surface area contributed by atoms with Crippen LogP contribution in [0.1, 0.15) is 29.9 Å². The molecule has 2 heterocycles. The van der Waals surface area contributed by atoms with Crippen molar-refractivity contribution >= 4 is 0 Å². The molecule has 0 saturated carbocycles. The second kappa shape index (κ2) is 4.73. The maximum Gasteiger partial charge on any atom is 0.188 e. The molecule has 1 atom stereocenters. The molecule has 3 rings (SSSR count). The lowest BCUT2D eigenvalue weighted by molar-refractivity contribution is 0.356. The van der Waals surface area contributed by atoms with Gasteiger partial charge in [0, 0.05) is 12.5 Å². The molecule has 18 heavy (non-hydrogen) atoms. The van der Waals surface area contributed by atoms with Gasteiger partial charge in [-0.2, -0.15) is 5.21 Å². The van der Waals surface area contributed by atoms with Gasteiger partial charge in [0.25, 0.3) is 0 Å². The van der Waals surface area contributed by atoms with Crippen molar-refractivity contribution in [2.75, 3.05) is 6.61 Å². The molecule has 6 heteroatoms. The van der Waals surface area contributed by atoms with Crippen molar-refractivity contribution in [3.63, 3.8) is 0 Å². The third-order valence-corrected chi connectivity index (χ3v) is 3.17. The SMILES string of the molecule is CC(NCc1nn[nH]n1)c1ccc2c(c1)CCO2. The molecule has 0 amide bonds. The fourth-order valence-electron chi connectivity index (χ4n) is 2.10. The number of hydrogen-bond donors (Lipinski definition) is 2. The van der Waals surface area contributed by atoms with E-state index in [-0.39, 0.29) is 6.04 Å². The van der Waals surface area contributed by atoms with E-state index in [0.29, 0.717) is 12.4 Å². The number of ether oxygens (including phenoxy) is 1. The number of tetrazole rings is 1. The molecule has 2 aromatic rings. The van der Waals surface area contributed by atoms with Crippen molar-refractivity contribution in [2.45, 2.75) is 25.9 Å². The predicted molar refractivity (Wildman–Crippen MR) is 65.1 cm³/mol. The molecule has 0 saturated heterocycles. The Kier molecular flexibility index (Phi) is 2.93. The molecule has 1 aliphatic heterocycles. The summed E-state index contributed by atoms with van der Waals surface area (Å²) in [7, 11) is 0. The Hall–Kier alpha value is -1.95. The van der Waals surface area contributed by atoms with Crippen LogP contribution in [0.5, 0.6) is 5.75 Å². The summed E-state index contributed by atoms with van der Waals surface area (Å²) in [5.74, 6) is 1.69. The first-order valence-electron chi connectivity index (χ1n) is 6.04. The molecule has 1 aliphatic rings. The molecule has 0 fully saturated rings. The molecule has 0 bridgehead atoms. The zero-order valence-corrected chi connectivity index (χ0v) is 10.2. The minimum atomic E-state index is 0.245. The zero-order valence-electron chi connectivity index (χ0n) is 10.2. The number of nitrogens with one attached hydrogen (secondary N) is 2. The quantitative estimate of drug-likeness (QED) is 0.840. The third kappa shape index (κ3) is 2.19. The van der Waals surface area contributed by atoms with Gasteiger partial charge in [-0.1, -0.05) is 17.3 Å². The van der Waals surface area contributed by atoms with Crippen LogP contribution >= 0.6 is 0 Å². The van der Waals surface area contributed by atoms with Gasteiger partial charge in [0.15, 0.2) is 5.82 Å². The van der Waals surface area contributed by atoms with Gasteiger partial charge < -0.3 is 10.1 Å². The second-order valence-electron chi connectivity index (χ2n) is 4.40. The van der Waals surface area contributed by atoms with Crippen LogP contribution in [-0.4, -0.2) is 27.2 Å². The van der Waals surface area contributed by atoms with Crippen LogP contribution in [0.25, 0.3) is 0 Å². The third-order valence-electron chi connectivity index (χ3n) is 3.17. The molecule has 2 N–H and O–H groups in total. The molecule has 6 nitrogen and oxygen atoms in total. The normalized spacial score (nSPS) is 15.2. The van der Waals surface area contributed by atoms with Crippen molar-refractivity contribution in [3.05, 3.63) is 35.2 Å². The van der Waals surface area contributed by atoms with E-state index in [1.165, 1.54) is 11.1 Å². The first-order valence-corrected chi connectivity index (χ1v) is 6.04. The summed E-state index contributed by atoms with van der Waals surface area (Å²) in [6.45, 7) is 3.52. The van der Waals surface area contributed by atoms with Crippen LogP contribution in [-0.2, 0) is 13.0 Å². The summed E-state index contributed by atoms with van der Waals surface area (Å²) in [5.41, 5.74) is 2.54. The number of rotatable bonds is 4. The Morgan fingerprint density at radius 2 is 2.44 bits per heavy atom. The molecule has 1 aromatic heterocycles. The highest BCUT2D eigenvalue weighted by Crippen LogP contribution is 2.28. The van der Waals surface area contributed by atoms with E-state index < -0.39 is 0 Å². The number of fused-ring (bicyclic) bond motifs is 1. The second-order valence-corrected chi connectivity index (χ2v) is 4.40. The van der Waals surface area contributed by atoms with E-state index in [1.807, 2.05) is 6.07 Å². The summed E-state index contributed by atoms with van der Waals surface area (Å²) < 4.78 is 5.50. The van der Waals surface area contributed by atoms with Crippen LogP contribution in [0.2, 0.25) is 0 Å². The number of benzene rings is 1. The fourth-order valence-corrected chi connectivity index (χ4v) is 2.10. The van der Waals surface area contributed by atoms with Crippen molar-refractivity contribution in [1.29, 1.82) is 0 Å². The van der Waals surface area contributed by atoms with E-state index in [0.717, 1.165) is 18.8 Å². The Morgan fingerprint density at radius 1 is 1.50 bits per heavy atom. The lowest BCUT2D eigenvalue weighted by atomic mass is 10.0. The molecule has 0 aliphatic carbocycles. The first kappa shape index (κ1) is 11.2. The fraction of sp³-hybridized carbons (Fsp3) is 0.417. The van der Waals surface area contributed by atoms with Crippen LogP contribution < -0.4 is 10.1 Å². The van der Waals surface area contributed by atoms with Crippen LogP contribution in [0.15, 0.2) is 18.2 Å². The van der Waals surface area contributed by atoms with Crippen molar-refractivity contribution in [1.82, 2.24) is 25.9 Å². The van der Waals surface area contributed by atoms with E-state index in [9.17, 15) is 0 Å². The molecule has 0 spiro atoms. The highest BCUT2D eigenvalue weighted by molar-refractivity contribution is 5.40. The highest BCUT2D eigenvalue weighted by atomic mass is 16.5. The average molecular weight is 245 g/mol. The Morgan fingerprint density at radius 3 is 3.28 bits per heavy atom. The van der Waals surface area contributed by atoms with E-state index in [2.05, 4.69) is 45.0 Å². The van der Waals surface area contributed by atoms with Gasteiger partial charge in [-0.3, -0.25) is 0 Å². The summed E-state index contributed by atoms with van der Waals surface area (Å²) >= 11 is 0. The Balaban J connectivity index is 1.67. The van der Waals surface area contributed by atoms with Gasteiger partial charge in [-0.25, -0.2) is 0 Å². The first-order chi connectivity index (χ1) is 8.83. The van der Waals surface area contributed by atoms with Crippen LogP contribution in [0.4, 0.5) is 0 Å². The van der Waals surface area contributed by atoms with Gasteiger partial charge in [0.1, 0.15) is 5.75 Å². The number of H-pyrrole nitrogens is 1. The molecule has 0 radical (unpaired) electrons. The topological polar surface area (TPSA) is 75.7 Å². The highest BCUT2D eigenvalue weighted by Gasteiger charge is 2.14. The zero-order chi connectivity index (χ0) is 12.4. The molecule has 1 unspecified atom stereocenters. The maximum absolute atomic E-state index is 5.50. The molecule has 94 valence electrons. The number of aromatic nitrogens is 4. The van der Waals surface area contributed by atoms with Crippen LogP contribution in [0.3, 0.4) is 0 Å². The molecular formula is C12H15N5O. The largest absolute Gasteiger partial charge is 0.493 e. The van der Waals surface area contributed by atoms with Gasteiger partial charge in [0.05, 0.1) is 13.2 Å². The average Bonchev–Trinajstić information content (AvgIpc) is 3.05. The standard InChI is InChI=1S/C12H15N5O/c1-8(13-7-12-14-16-17-15-12)9-2-3-11-10(6-9)4-5-18-11/h2-3,6,8,13H,4-5,7H2,1H3,(H,14,15,16,17). The van der Waals surface area contributed by atoms with Crippen molar-refractivity contribution in [2.24, 2.45) is 0 Å². The van der Waals surface area contributed by atoms with Crippen molar-refractivity contribution in [3.8, 4) is 5.75 Å². The van der Waals surface area contributed by atoms with Gasteiger partial charge in [0.2, 0.25) is 0 Å². The summed E-state index contributed by atoms with van der Waals surface area (Å²) in [6.07, 6.45) is 1.00. The van der Waals surface area contributed by atoms with Crippen LogP contribution in [0, 0.1) is 0 Å². The molecule has 1 aromatic carbocycles. The lowest BCUT2D eigenvalue weighted by Gasteiger charge is -2.13. The minimum Gasteiger partial charge on any atom is -0.493 e. The monoisotopic (exact) mass is 245 g/mol. The van der Waals surface area contributed by atoms with Gasteiger partial charge in [-0.05, 0) is 24.1 Å². The number of nitrogens with zero attached hydrogens (tertiary/aromatic N) is 3. The maximum atomic E-state index is 5.50. The molecular weight excluding hydrogens is 230 g/mol. The summed E-state index contributed by atoms with van der Waals surface area (Å²) in [4.78, 5) is 0. The Labute approximate surface area is 105 Å². The smallest absolute Gasteiger partial charge is 0.188 e. The van der Waals surface area contributed by atoms with E-state index >= 15 is 0 Å². The summed E-state index contributed by atoms with van der Waals surface area (Å²) in [5, 5.41) is 17.2. The van der Waals surface area contributed by atoms with Gasteiger partial charge in [-0.15, -0.1) is 10.2 Å². The minimum absolute atomic E-state index is 0.245. The van der Waals surface area contributed by atoms with E-state index in [4.69, 9.17) is 4.74 Å². The van der Waals surface area contributed by atoms with Crippen molar-refractivity contribution < 1.29 is 4.74 Å². The predicted octanol–water partition coefficient (Wildman–Crippen LogP) is 0.985.